The van der Waals surface area contributed by atoms with Crippen molar-refractivity contribution in [2.24, 2.45) is 5.73 Å². The first-order valence-electron chi connectivity index (χ1n) is 6.65. The molecular weight excluding hydrogens is 288 g/mol. The third-order valence-corrected chi connectivity index (χ3v) is 3.16. The SMILES string of the molecule is NC(=O)c1cnc(NCCCNc2ccccc2)c(Cl)c1. The Labute approximate surface area is 128 Å². The summed E-state index contributed by atoms with van der Waals surface area (Å²) >= 11 is 6.03. The van der Waals surface area contributed by atoms with Crippen molar-refractivity contribution < 1.29 is 4.79 Å². The number of carbonyl (C=O) groups is 1. The minimum absolute atomic E-state index is 0.302. The summed E-state index contributed by atoms with van der Waals surface area (Å²) in [6.45, 7) is 1.57. The van der Waals surface area contributed by atoms with Gasteiger partial charge >= 0.3 is 0 Å². The van der Waals surface area contributed by atoms with Crippen molar-refractivity contribution >= 4 is 29.0 Å². The Balaban J connectivity index is 1.75. The molecule has 0 radical (unpaired) electrons. The van der Waals surface area contributed by atoms with Gasteiger partial charge in [-0.05, 0) is 24.6 Å². The molecule has 0 spiro atoms. The maximum absolute atomic E-state index is 11.0. The number of amides is 1. The monoisotopic (exact) mass is 304 g/mol. The Bertz CT molecular complexity index is 604. The second-order valence-electron chi connectivity index (χ2n) is 4.49. The Morgan fingerprint density at radius 1 is 1.19 bits per heavy atom. The quantitative estimate of drug-likeness (QED) is 0.687. The van der Waals surface area contributed by atoms with Gasteiger partial charge in [-0.2, -0.15) is 0 Å². The van der Waals surface area contributed by atoms with Crippen molar-refractivity contribution in [2.75, 3.05) is 23.7 Å². The van der Waals surface area contributed by atoms with E-state index in [4.69, 9.17) is 17.3 Å². The van der Waals surface area contributed by atoms with Crippen LogP contribution < -0.4 is 16.4 Å². The number of pyridine rings is 1. The van der Waals surface area contributed by atoms with Crippen LogP contribution in [0.1, 0.15) is 16.8 Å². The molecule has 0 saturated heterocycles. The number of benzene rings is 1. The van der Waals surface area contributed by atoms with Crippen molar-refractivity contribution in [3.05, 3.63) is 53.2 Å². The summed E-state index contributed by atoms with van der Waals surface area (Å²) in [5, 5.41) is 6.84. The lowest BCUT2D eigenvalue weighted by Crippen LogP contribution is -2.13. The summed E-state index contributed by atoms with van der Waals surface area (Å²) in [6.07, 6.45) is 2.32. The molecule has 0 unspecified atom stereocenters. The molecule has 2 rings (SSSR count). The number of rotatable bonds is 7. The van der Waals surface area contributed by atoms with E-state index in [2.05, 4.69) is 15.6 Å². The molecule has 5 nitrogen and oxygen atoms in total. The normalized spacial score (nSPS) is 10.1. The molecule has 2 aromatic rings. The minimum Gasteiger partial charge on any atom is -0.385 e. The Morgan fingerprint density at radius 2 is 1.90 bits per heavy atom. The average molecular weight is 305 g/mol. The van der Waals surface area contributed by atoms with Crippen LogP contribution in [0.3, 0.4) is 0 Å². The van der Waals surface area contributed by atoms with E-state index >= 15 is 0 Å². The topological polar surface area (TPSA) is 80.0 Å². The third kappa shape index (κ3) is 4.65. The van der Waals surface area contributed by atoms with E-state index in [1.54, 1.807) is 0 Å². The summed E-state index contributed by atoms with van der Waals surface area (Å²) in [4.78, 5) is 15.1. The van der Waals surface area contributed by atoms with E-state index in [9.17, 15) is 4.79 Å². The van der Waals surface area contributed by atoms with Gasteiger partial charge < -0.3 is 16.4 Å². The zero-order chi connectivity index (χ0) is 15.1. The first-order chi connectivity index (χ1) is 10.2. The van der Waals surface area contributed by atoms with Crippen molar-refractivity contribution in [3.8, 4) is 0 Å². The van der Waals surface area contributed by atoms with E-state index in [-0.39, 0.29) is 0 Å². The second-order valence-corrected chi connectivity index (χ2v) is 4.90. The number of aromatic nitrogens is 1. The predicted octanol–water partition coefficient (Wildman–Crippen LogP) is 2.75. The Hall–Kier alpha value is -2.27. The number of nitrogens with two attached hydrogens (primary N) is 1. The largest absolute Gasteiger partial charge is 0.385 e. The molecule has 4 N–H and O–H groups in total. The van der Waals surface area contributed by atoms with Gasteiger partial charge in [-0.25, -0.2) is 4.98 Å². The lowest BCUT2D eigenvalue weighted by Gasteiger charge is -2.09. The number of para-hydroxylation sites is 1. The molecule has 0 aliphatic rings. The summed E-state index contributed by atoms with van der Waals surface area (Å²) in [7, 11) is 0. The van der Waals surface area contributed by atoms with E-state index in [0.29, 0.717) is 16.4 Å². The molecule has 1 aromatic heterocycles. The maximum Gasteiger partial charge on any atom is 0.250 e. The maximum atomic E-state index is 11.0. The molecular formula is C15H17ClN4O. The van der Waals surface area contributed by atoms with Gasteiger partial charge in [0.2, 0.25) is 5.91 Å². The van der Waals surface area contributed by atoms with Crippen molar-refractivity contribution in [1.29, 1.82) is 0 Å². The molecule has 1 amide bonds. The van der Waals surface area contributed by atoms with E-state index in [0.717, 1.165) is 25.2 Å². The van der Waals surface area contributed by atoms with E-state index < -0.39 is 5.91 Å². The first kappa shape index (κ1) is 15.1. The molecule has 110 valence electrons. The van der Waals surface area contributed by atoms with E-state index in [1.165, 1.54) is 12.3 Å². The Kier molecular flexibility index (Phi) is 5.40. The lowest BCUT2D eigenvalue weighted by atomic mass is 10.2. The number of primary amides is 1. The summed E-state index contributed by atoms with van der Waals surface area (Å²) < 4.78 is 0. The lowest BCUT2D eigenvalue weighted by molar-refractivity contribution is 0.1000. The highest BCUT2D eigenvalue weighted by Gasteiger charge is 2.06. The number of nitrogens with one attached hydrogen (secondary N) is 2. The van der Waals surface area contributed by atoms with Crippen LogP contribution in [-0.4, -0.2) is 24.0 Å². The molecule has 0 aliphatic carbocycles. The van der Waals surface area contributed by atoms with Crippen molar-refractivity contribution in [2.45, 2.75) is 6.42 Å². The predicted molar refractivity (Wildman–Crippen MR) is 85.8 cm³/mol. The number of halogens is 1. The minimum atomic E-state index is -0.539. The van der Waals surface area contributed by atoms with Gasteiger partial charge in [0.05, 0.1) is 10.6 Å². The Morgan fingerprint density at radius 3 is 2.57 bits per heavy atom. The van der Waals surface area contributed by atoms with Crippen LogP contribution in [0.15, 0.2) is 42.6 Å². The van der Waals surface area contributed by atoms with Crippen LogP contribution in [0, 0.1) is 0 Å². The van der Waals surface area contributed by atoms with Crippen molar-refractivity contribution in [3.63, 3.8) is 0 Å². The van der Waals surface area contributed by atoms with Gasteiger partial charge in [0.25, 0.3) is 0 Å². The van der Waals surface area contributed by atoms with E-state index in [1.807, 2.05) is 30.3 Å². The molecule has 0 fully saturated rings. The smallest absolute Gasteiger partial charge is 0.250 e. The standard InChI is InChI=1S/C15H17ClN4O/c16-13-9-11(14(17)21)10-20-15(13)19-8-4-7-18-12-5-2-1-3-6-12/h1-3,5-6,9-10,18H,4,7-8H2,(H2,17,21)(H,19,20). The first-order valence-corrected chi connectivity index (χ1v) is 7.03. The van der Waals surface area contributed by atoms with Gasteiger partial charge in [0.15, 0.2) is 0 Å². The molecule has 6 heteroatoms. The van der Waals surface area contributed by atoms with Crippen LogP contribution in [0.2, 0.25) is 5.02 Å². The van der Waals surface area contributed by atoms with Crippen LogP contribution in [0.5, 0.6) is 0 Å². The molecule has 1 heterocycles. The third-order valence-electron chi connectivity index (χ3n) is 2.87. The highest BCUT2D eigenvalue weighted by molar-refractivity contribution is 6.33. The number of hydrogen-bond acceptors (Lipinski definition) is 4. The second kappa shape index (κ2) is 7.50. The number of nitrogens with zero attached hydrogens (tertiary/aromatic N) is 1. The highest BCUT2D eigenvalue weighted by Crippen LogP contribution is 2.19. The number of hydrogen-bond donors (Lipinski definition) is 3. The number of anilines is 2. The van der Waals surface area contributed by atoms with Gasteiger partial charge in [0, 0.05) is 25.0 Å². The zero-order valence-corrected chi connectivity index (χ0v) is 12.2. The number of carbonyl (C=O) groups excluding carboxylic acids is 1. The van der Waals surface area contributed by atoms with Crippen LogP contribution in [0.4, 0.5) is 11.5 Å². The molecule has 0 aliphatic heterocycles. The van der Waals surface area contributed by atoms with Gasteiger partial charge in [0.1, 0.15) is 5.82 Å². The fourth-order valence-corrected chi connectivity index (χ4v) is 2.02. The fraction of sp³-hybridized carbons (Fsp3) is 0.200. The van der Waals surface area contributed by atoms with Crippen LogP contribution in [0.25, 0.3) is 0 Å². The molecule has 1 aromatic carbocycles. The van der Waals surface area contributed by atoms with Gasteiger partial charge in [-0.3, -0.25) is 4.79 Å². The average Bonchev–Trinajstić information content (AvgIpc) is 2.49. The molecule has 0 saturated carbocycles. The summed E-state index contributed by atoms with van der Waals surface area (Å²) in [5.41, 5.74) is 6.56. The zero-order valence-electron chi connectivity index (χ0n) is 11.5. The highest BCUT2D eigenvalue weighted by atomic mass is 35.5. The van der Waals surface area contributed by atoms with Gasteiger partial charge in [-0.1, -0.05) is 29.8 Å². The van der Waals surface area contributed by atoms with Crippen LogP contribution >= 0.6 is 11.6 Å². The summed E-state index contributed by atoms with van der Waals surface area (Å²) in [6, 6.07) is 11.5. The molecule has 0 atom stereocenters. The molecule has 0 bridgehead atoms. The molecule has 21 heavy (non-hydrogen) atoms. The van der Waals surface area contributed by atoms with Gasteiger partial charge in [-0.15, -0.1) is 0 Å². The van der Waals surface area contributed by atoms with Crippen LogP contribution in [-0.2, 0) is 0 Å². The fourth-order valence-electron chi connectivity index (χ4n) is 1.79. The van der Waals surface area contributed by atoms with Crippen molar-refractivity contribution in [1.82, 2.24) is 4.98 Å². The summed E-state index contributed by atoms with van der Waals surface area (Å²) in [5.74, 6) is 0.0180.